The Morgan fingerprint density at radius 1 is 1.72 bits per heavy atom. The molecule has 0 bridgehead atoms. The van der Waals surface area contributed by atoms with Gasteiger partial charge in [-0.2, -0.15) is 0 Å². The summed E-state index contributed by atoms with van der Waals surface area (Å²) < 4.78 is 26.9. The SMILES string of the molecule is COC(=O)C1(N(c2cnc(N)s2)S(=O)O)CCC1. The quantitative estimate of drug-likeness (QED) is 0.627. The molecule has 0 radical (unpaired) electrons. The molecule has 0 amide bonds. The van der Waals surface area contributed by atoms with E-state index in [1.54, 1.807) is 0 Å². The van der Waals surface area contributed by atoms with E-state index >= 15 is 0 Å². The summed E-state index contributed by atoms with van der Waals surface area (Å²) in [6.07, 6.45) is 3.14. The molecule has 0 saturated heterocycles. The van der Waals surface area contributed by atoms with Crippen molar-refractivity contribution in [2.45, 2.75) is 24.8 Å². The second kappa shape index (κ2) is 4.82. The molecule has 1 aromatic rings. The summed E-state index contributed by atoms with van der Waals surface area (Å²) >= 11 is -1.27. The Morgan fingerprint density at radius 2 is 2.39 bits per heavy atom. The van der Waals surface area contributed by atoms with E-state index in [-0.39, 0.29) is 5.13 Å². The van der Waals surface area contributed by atoms with Crippen molar-refractivity contribution in [1.82, 2.24) is 4.98 Å². The average molecular weight is 291 g/mol. The van der Waals surface area contributed by atoms with Crippen LogP contribution in [0.25, 0.3) is 0 Å². The first-order valence-corrected chi connectivity index (χ1v) is 7.10. The van der Waals surface area contributed by atoms with E-state index in [1.807, 2.05) is 0 Å². The normalized spacial score (nSPS) is 18.8. The third kappa shape index (κ3) is 1.98. The molecule has 9 heteroatoms. The van der Waals surface area contributed by atoms with Crippen molar-refractivity contribution >= 4 is 38.7 Å². The van der Waals surface area contributed by atoms with Crippen LogP contribution in [-0.4, -0.2) is 32.4 Å². The van der Waals surface area contributed by atoms with Crippen LogP contribution in [0.2, 0.25) is 0 Å². The predicted octanol–water partition coefficient (Wildman–Crippen LogP) is 0.764. The molecule has 7 nitrogen and oxygen atoms in total. The van der Waals surface area contributed by atoms with E-state index in [0.29, 0.717) is 17.8 Å². The van der Waals surface area contributed by atoms with Gasteiger partial charge in [-0.25, -0.2) is 18.3 Å². The van der Waals surface area contributed by atoms with Crippen molar-refractivity contribution in [3.05, 3.63) is 6.20 Å². The highest BCUT2D eigenvalue weighted by atomic mass is 32.2. The van der Waals surface area contributed by atoms with Gasteiger partial charge in [0.1, 0.15) is 5.00 Å². The Hall–Kier alpha value is -1.19. The lowest BCUT2D eigenvalue weighted by Gasteiger charge is -2.45. The molecule has 2 rings (SSSR count). The zero-order valence-electron chi connectivity index (χ0n) is 9.66. The van der Waals surface area contributed by atoms with Gasteiger partial charge in [-0.3, -0.25) is 4.55 Å². The number of aromatic nitrogens is 1. The Kier molecular flexibility index (Phi) is 3.55. The molecular weight excluding hydrogens is 278 g/mol. The van der Waals surface area contributed by atoms with Crippen LogP contribution in [0.3, 0.4) is 0 Å². The molecule has 1 unspecified atom stereocenters. The first kappa shape index (κ1) is 13.2. The van der Waals surface area contributed by atoms with Gasteiger partial charge < -0.3 is 10.5 Å². The molecule has 18 heavy (non-hydrogen) atoms. The van der Waals surface area contributed by atoms with E-state index in [9.17, 15) is 13.6 Å². The zero-order valence-corrected chi connectivity index (χ0v) is 11.3. The number of nitrogen functional groups attached to an aromatic ring is 1. The molecule has 3 N–H and O–H groups in total. The number of hydrogen-bond acceptors (Lipinski definition) is 6. The lowest BCUT2D eigenvalue weighted by Crippen LogP contribution is -2.60. The number of thiazole rings is 1. The van der Waals surface area contributed by atoms with Gasteiger partial charge in [0.2, 0.25) is 0 Å². The zero-order chi connectivity index (χ0) is 13.3. The van der Waals surface area contributed by atoms with Crippen molar-refractivity contribution < 1.29 is 18.3 Å². The van der Waals surface area contributed by atoms with Crippen molar-refractivity contribution in [2.24, 2.45) is 0 Å². The molecule has 1 aliphatic rings. The number of rotatable bonds is 4. The Balaban J connectivity index is 2.41. The van der Waals surface area contributed by atoms with Gasteiger partial charge in [0, 0.05) is 0 Å². The van der Waals surface area contributed by atoms with Crippen LogP contribution < -0.4 is 10.0 Å². The summed E-state index contributed by atoms with van der Waals surface area (Å²) in [5.41, 5.74) is 4.44. The number of carbonyl (C=O) groups excluding carboxylic acids is 1. The number of nitrogens with two attached hydrogens (primary N) is 1. The van der Waals surface area contributed by atoms with Crippen LogP contribution in [0, 0.1) is 0 Å². The van der Waals surface area contributed by atoms with Gasteiger partial charge in [0.25, 0.3) is 11.3 Å². The van der Waals surface area contributed by atoms with Crippen molar-refractivity contribution in [2.75, 3.05) is 17.1 Å². The largest absolute Gasteiger partial charge is 0.467 e. The van der Waals surface area contributed by atoms with Gasteiger partial charge in [0.15, 0.2) is 10.7 Å². The number of esters is 1. The van der Waals surface area contributed by atoms with Crippen molar-refractivity contribution in [1.29, 1.82) is 0 Å². The fourth-order valence-corrected chi connectivity index (χ4v) is 3.74. The Labute approximate surface area is 110 Å². The summed E-state index contributed by atoms with van der Waals surface area (Å²) in [7, 11) is 1.27. The molecule has 0 spiro atoms. The molecule has 0 aromatic carbocycles. The molecule has 1 aromatic heterocycles. The molecular formula is C9H13N3O4S2. The van der Waals surface area contributed by atoms with Gasteiger partial charge in [-0.1, -0.05) is 11.3 Å². The van der Waals surface area contributed by atoms with E-state index in [1.165, 1.54) is 13.3 Å². The van der Waals surface area contributed by atoms with Gasteiger partial charge >= 0.3 is 5.97 Å². The standard InChI is InChI=1S/C9H13N3O4S2/c1-16-7(13)9(3-2-4-9)12(18(14)15)6-5-11-8(10)17-6/h5H,2-4H2,1H3,(H2,10,11)(H,14,15). The molecule has 0 aliphatic heterocycles. The van der Waals surface area contributed by atoms with Gasteiger partial charge in [0.05, 0.1) is 13.3 Å². The summed E-state index contributed by atoms with van der Waals surface area (Å²) in [6, 6.07) is 0. The number of methoxy groups -OCH3 is 1. The van der Waals surface area contributed by atoms with Gasteiger partial charge in [-0.05, 0) is 19.3 Å². The maximum Gasteiger partial charge on any atom is 0.332 e. The van der Waals surface area contributed by atoms with Crippen molar-refractivity contribution in [3.63, 3.8) is 0 Å². The maximum atomic E-state index is 11.9. The van der Waals surface area contributed by atoms with E-state index in [0.717, 1.165) is 22.1 Å². The number of anilines is 2. The first-order chi connectivity index (χ1) is 8.51. The van der Waals surface area contributed by atoms with E-state index in [2.05, 4.69) is 4.98 Å². The number of nitrogens with zero attached hydrogens (tertiary/aromatic N) is 2. The van der Waals surface area contributed by atoms with E-state index in [4.69, 9.17) is 10.5 Å². The lowest BCUT2D eigenvalue weighted by atomic mass is 9.77. The Morgan fingerprint density at radius 3 is 2.72 bits per heavy atom. The minimum Gasteiger partial charge on any atom is -0.467 e. The van der Waals surface area contributed by atoms with Crippen LogP contribution in [-0.2, 0) is 20.8 Å². The average Bonchev–Trinajstić information content (AvgIpc) is 2.67. The number of hydrogen-bond donors (Lipinski definition) is 2. The van der Waals surface area contributed by atoms with Gasteiger partial charge in [-0.15, -0.1) is 0 Å². The minimum absolute atomic E-state index is 0.278. The van der Waals surface area contributed by atoms with Crippen LogP contribution in [0.15, 0.2) is 6.20 Å². The molecule has 1 saturated carbocycles. The summed E-state index contributed by atoms with van der Waals surface area (Å²) in [5, 5.41) is 0.665. The smallest absolute Gasteiger partial charge is 0.332 e. The first-order valence-electron chi connectivity index (χ1n) is 5.22. The molecule has 1 aliphatic carbocycles. The molecule has 1 fully saturated rings. The molecule has 100 valence electrons. The lowest BCUT2D eigenvalue weighted by molar-refractivity contribution is -0.149. The van der Waals surface area contributed by atoms with E-state index < -0.39 is 22.8 Å². The highest BCUT2D eigenvalue weighted by Gasteiger charge is 2.53. The second-order valence-corrected chi connectivity index (χ2v) is 5.81. The third-order valence-corrected chi connectivity index (χ3v) is 4.79. The van der Waals surface area contributed by atoms with Crippen LogP contribution in [0.1, 0.15) is 19.3 Å². The fourth-order valence-electron chi connectivity index (χ4n) is 2.00. The predicted molar refractivity (Wildman–Crippen MR) is 68.4 cm³/mol. The van der Waals surface area contributed by atoms with Crippen LogP contribution in [0.4, 0.5) is 10.1 Å². The minimum atomic E-state index is -2.33. The topological polar surface area (TPSA) is 106 Å². The molecule has 1 atom stereocenters. The Bertz CT molecular complexity index is 486. The highest BCUT2D eigenvalue weighted by molar-refractivity contribution is 7.81. The summed E-state index contributed by atoms with van der Waals surface area (Å²) in [5.74, 6) is -0.511. The maximum absolute atomic E-state index is 11.9. The monoisotopic (exact) mass is 291 g/mol. The van der Waals surface area contributed by atoms with Crippen LogP contribution >= 0.6 is 11.3 Å². The fraction of sp³-hybridized carbons (Fsp3) is 0.556. The van der Waals surface area contributed by atoms with Crippen molar-refractivity contribution in [3.8, 4) is 0 Å². The number of ether oxygens (including phenoxy) is 1. The second-order valence-electron chi connectivity index (χ2n) is 3.94. The molecule has 1 heterocycles. The number of carbonyl (C=O) groups is 1. The summed E-state index contributed by atoms with van der Waals surface area (Å²) in [6.45, 7) is 0. The summed E-state index contributed by atoms with van der Waals surface area (Å²) in [4.78, 5) is 15.7. The third-order valence-electron chi connectivity index (χ3n) is 3.00. The highest BCUT2D eigenvalue weighted by Crippen LogP contribution is 2.44. The van der Waals surface area contributed by atoms with Crippen LogP contribution in [0.5, 0.6) is 0 Å².